The SMILES string of the molecule is Cc1cocc1C(=O)n1nc(C2CN(S(=O)(=O)N(C)C)CCC2C(F)(F)F)c(C#N)c1NCc1ccc(Cl)s1. The van der Waals surface area contributed by atoms with E-state index in [2.05, 4.69) is 10.4 Å². The molecule has 1 fully saturated rings. The third-order valence-corrected chi connectivity index (χ3v) is 9.63. The second-order valence-electron chi connectivity index (χ2n) is 9.16. The quantitative estimate of drug-likeness (QED) is 0.423. The Bertz CT molecular complexity index is 1520. The Hall–Kier alpha value is -2.90. The second kappa shape index (κ2) is 10.9. The highest BCUT2D eigenvalue weighted by atomic mass is 35.5. The Morgan fingerprint density at radius 2 is 2.08 bits per heavy atom. The summed E-state index contributed by atoms with van der Waals surface area (Å²) in [6.07, 6.45) is -2.74. The van der Waals surface area contributed by atoms with Crippen molar-refractivity contribution < 1.29 is 30.8 Å². The van der Waals surface area contributed by atoms with E-state index < -0.39 is 47.1 Å². The molecule has 3 aromatic heterocycles. The summed E-state index contributed by atoms with van der Waals surface area (Å²) in [5.74, 6) is -4.38. The normalized spacial score (nSPS) is 18.8. The highest BCUT2D eigenvalue weighted by Crippen LogP contribution is 2.45. The number of nitrogens with zero attached hydrogens (tertiary/aromatic N) is 5. The number of rotatable bonds is 7. The van der Waals surface area contributed by atoms with Crippen LogP contribution >= 0.6 is 22.9 Å². The number of furan rings is 1. The molecule has 0 aromatic carbocycles. The van der Waals surface area contributed by atoms with Crippen molar-refractivity contribution in [1.82, 2.24) is 18.4 Å². The van der Waals surface area contributed by atoms with Gasteiger partial charge in [0.25, 0.3) is 16.1 Å². The van der Waals surface area contributed by atoms with Crippen LogP contribution in [0.1, 0.15) is 44.4 Å². The highest BCUT2D eigenvalue weighted by molar-refractivity contribution is 7.86. The van der Waals surface area contributed by atoms with Crippen molar-refractivity contribution in [2.24, 2.45) is 5.92 Å². The molecule has 1 aliphatic rings. The fourth-order valence-electron chi connectivity index (χ4n) is 4.46. The first kappa shape index (κ1) is 29.1. The predicted molar refractivity (Wildman–Crippen MR) is 138 cm³/mol. The van der Waals surface area contributed by atoms with Gasteiger partial charge in [-0.1, -0.05) is 11.6 Å². The number of hydrogen-bond donors (Lipinski definition) is 1. The largest absolute Gasteiger partial charge is 0.471 e. The van der Waals surface area contributed by atoms with Crippen LogP contribution in [0.4, 0.5) is 19.0 Å². The van der Waals surface area contributed by atoms with E-state index in [9.17, 15) is 31.6 Å². The van der Waals surface area contributed by atoms with Crippen LogP contribution in [-0.4, -0.2) is 66.1 Å². The molecule has 1 N–H and O–H groups in total. The number of hydrogen-bond acceptors (Lipinski definition) is 8. The standard InChI is InChI=1S/C23H24ClF3N6O4S2/c1-13-11-37-12-17(13)22(34)33-21(29-9-14-4-5-19(24)38-14)15(8-28)20(30-33)16-10-32(39(35,36)31(2)3)7-6-18(16)23(25,26)27/h4-5,11-12,16,18,29H,6-7,9-10H2,1-3H3. The van der Waals surface area contributed by atoms with E-state index in [0.29, 0.717) is 9.90 Å². The van der Waals surface area contributed by atoms with Crippen molar-refractivity contribution in [2.45, 2.75) is 32.0 Å². The Labute approximate surface area is 231 Å². The minimum atomic E-state index is -4.71. The lowest BCUT2D eigenvalue weighted by atomic mass is 9.82. The molecule has 210 valence electrons. The molecule has 0 amide bonds. The van der Waals surface area contributed by atoms with Gasteiger partial charge < -0.3 is 9.73 Å². The Morgan fingerprint density at radius 1 is 1.36 bits per heavy atom. The minimum absolute atomic E-state index is 0.101. The lowest BCUT2D eigenvalue weighted by molar-refractivity contribution is -0.188. The van der Waals surface area contributed by atoms with Crippen LogP contribution in [0.15, 0.2) is 29.1 Å². The molecule has 4 heterocycles. The van der Waals surface area contributed by atoms with Crippen LogP contribution < -0.4 is 5.32 Å². The van der Waals surface area contributed by atoms with Gasteiger partial charge in [-0.15, -0.1) is 11.3 Å². The molecule has 4 rings (SSSR count). The molecule has 0 bridgehead atoms. The third-order valence-electron chi connectivity index (χ3n) is 6.50. The Balaban J connectivity index is 1.85. The monoisotopic (exact) mass is 604 g/mol. The Morgan fingerprint density at radius 3 is 2.62 bits per heavy atom. The summed E-state index contributed by atoms with van der Waals surface area (Å²) < 4.78 is 76.5. The number of nitrogens with one attached hydrogen (secondary N) is 1. The number of carbonyl (C=O) groups excluding carboxylic acids is 1. The van der Waals surface area contributed by atoms with E-state index in [1.54, 1.807) is 19.1 Å². The summed E-state index contributed by atoms with van der Waals surface area (Å²) in [5.41, 5.74) is -0.0422. The van der Waals surface area contributed by atoms with Crippen LogP contribution in [0.25, 0.3) is 0 Å². The fourth-order valence-corrected chi connectivity index (χ4v) is 6.63. The average molecular weight is 605 g/mol. The molecule has 0 radical (unpaired) electrons. The van der Waals surface area contributed by atoms with Crippen molar-refractivity contribution in [1.29, 1.82) is 5.26 Å². The van der Waals surface area contributed by atoms with E-state index in [1.807, 2.05) is 6.07 Å². The van der Waals surface area contributed by atoms with Crippen LogP contribution in [0, 0.1) is 24.2 Å². The van der Waals surface area contributed by atoms with Gasteiger partial charge in [0.15, 0.2) is 5.82 Å². The molecule has 0 spiro atoms. The fraction of sp³-hybridized carbons (Fsp3) is 0.435. The maximum atomic E-state index is 14.2. The predicted octanol–water partition coefficient (Wildman–Crippen LogP) is 4.45. The first-order valence-corrected chi connectivity index (χ1v) is 14.2. The van der Waals surface area contributed by atoms with Gasteiger partial charge in [0.05, 0.1) is 34.3 Å². The Kier molecular flexibility index (Phi) is 8.16. The molecule has 16 heteroatoms. The second-order valence-corrected chi connectivity index (χ2v) is 13.1. The lowest BCUT2D eigenvalue weighted by Crippen LogP contribution is -2.50. The molecule has 39 heavy (non-hydrogen) atoms. The molecule has 10 nitrogen and oxygen atoms in total. The summed E-state index contributed by atoms with van der Waals surface area (Å²) >= 11 is 7.24. The van der Waals surface area contributed by atoms with Crippen molar-refractivity contribution in [2.75, 3.05) is 32.5 Å². The average Bonchev–Trinajstić information content (AvgIpc) is 3.59. The van der Waals surface area contributed by atoms with Gasteiger partial charge >= 0.3 is 6.18 Å². The van der Waals surface area contributed by atoms with Crippen molar-refractivity contribution in [3.8, 4) is 6.07 Å². The number of nitriles is 1. The first-order valence-electron chi connectivity index (χ1n) is 11.6. The summed E-state index contributed by atoms with van der Waals surface area (Å²) in [4.78, 5) is 14.2. The van der Waals surface area contributed by atoms with Crippen molar-refractivity contribution in [3.05, 3.63) is 56.3 Å². The van der Waals surface area contributed by atoms with Gasteiger partial charge in [-0.3, -0.25) is 4.79 Å². The molecule has 0 aliphatic carbocycles. The van der Waals surface area contributed by atoms with Crippen LogP contribution in [0.3, 0.4) is 0 Å². The van der Waals surface area contributed by atoms with Crippen LogP contribution in [0.2, 0.25) is 4.34 Å². The van der Waals surface area contributed by atoms with Gasteiger partial charge in [0.2, 0.25) is 0 Å². The topological polar surface area (TPSA) is 124 Å². The zero-order valence-electron chi connectivity index (χ0n) is 21.0. The number of halogens is 4. The van der Waals surface area contributed by atoms with E-state index in [0.717, 1.165) is 18.2 Å². The van der Waals surface area contributed by atoms with E-state index in [4.69, 9.17) is 16.0 Å². The molecule has 1 aliphatic heterocycles. The minimum Gasteiger partial charge on any atom is -0.471 e. The molecule has 2 atom stereocenters. The molecule has 1 saturated heterocycles. The summed E-state index contributed by atoms with van der Waals surface area (Å²) in [6, 6.07) is 5.28. The zero-order valence-corrected chi connectivity index (χ0v) is 23.4. The summed E-state index contributed by atoms with van der Waals surface area (Å²) in [5, 5.41) is 17.3. The zero-order chi connectivity index (χ0) is 28.7. The van der Waals surface area contributed by atoms with Crippen molar-refractivity contribution >= 4 is 44.9 Å². The van der Waals surface area contributed by atoms with E-state index in [-0.39, 0.29) is 35.7 Å². The highest BCUT2D eigenvalue weighted by Gasteiger charge is 2.51. The molecule has 2 unspecified atom stereocenters. The maximum Gasteiger partial charge on any atom is 0.392 e. The smallest absolute Gasteiger partial charge is 0.392 e. The summed E-state index contributed by atoms with van der Waals surface area (Å²) in [7, 11) is -1.50. The van der Waals surface area contributed by atoms with Gasteiger partial charge in [0, 0.05) is 43.5 Å². The maximum absolute atomic E-state index is 14.2. The third kappa shape index (κ3) is 5.71. The lowest BCUT2D eigenvalue weighted by Gasteiger charge is -2.38. The van der Waals surface area contributed by atoms with Gasteiger partial charge in [-0.2, -0.15) is 45.2 Å². The first-order chi connectivity index (χ1) is 18.3. The van der Waals surface area contributed by atoms with Gasteiger partial charge in [-0.25, -0.2) is 0 Å². The number of piperidine rings is 1. The van der Waals surface area contributed by atoms with E-state index >= 15 is 0 Å². The van der Waals surface area contributed by atoms with Crippen LogP contribution in [-0.2, 0) is 16.8 Å². The molecule has 0 saturated carbocycles. The molecular formula is C23H24ClF3N6O4S2. The molecule has 3 aromatic rings. The number of thiophene rings is 1. The van der Waals surface area contributed by atoms with Crippen LogP contribution in [0.5, 0.6) is 0 Å². The number of alkyl halides is 3. The number of aromatic nitrogens is 2. The number of aryl methyl sites for hydroxylation is 1. The number of anilines is 1. The number of carbonyl (C=O) groups is 1. The van der Waals surface area contributed by atoms with Crippen molar-refractivity contribution in [3.63, 3.8) is 0 Å². The van der Waals surface area contributed by atoms with E-state index in [1.165, 1.54) is 38.0 Å². The molecular weight excluding hydrogens is 581 g/mol. The van der Waals surface area contributed by atoms with Gasteiger partial charge in [0.1, 0.15) is 17.9 Å². The summed E-state index contributed by atoms with van der Waals surface area (Å²) in [6.45, 7) is 0.776. The van der Waals surface area contributed by atoms with Gasteiger partial charge in [-0.05, 0) is 25.5 Å².